The van der Waals surface area contributed by atoms with Gasteiger partial charge in [0.05, 0.1) is 0 Å². The predicted molar refractivity (Wildman–Crippen MR) is 46.2 cm³/mol. The Morgan fingerprint density at radius 3 is 2.27 bits per heavy atom. The summed E-state index contributed by atoms with van der Waals surface area (Å²) >= 11 is 0. The third-order valence-electron chi connectivity index (χ3n) is 1.62. The molecule has 0 aliphatic heterocycles. The summed E-state index contributed by atoms with van der Waals surface area (Å²) in [6.45, 7) is 1.94. The van der Waals surface area contributed by atoms with Gasteiger partial charge in [0.25, 0.3) is 0 Å². The Morgan fingerprint density at radius 1 is 1.27 bits per heavy atom. The molecule has 0 aliphatic carbocycles. The van der Waals surface area contributed by atoms with Crippen LogP contribution in [0.5, 0.6) is 5.75 Å². The zero-order valence-corrected chi connectivity index (χ0v) is 6.70. The number of phenolic OH excluding ortho intramolecular Hbond substituents is 1. The van der Waals surface area contributed by atoms with Crippen molar-refractivity contribution in [2.75, 3.05) is 7.05 Å². The van der Waals surface area contributed by atoms with Gasteiger partial charge in [-0.15, -0.1) is 0 Å². The molecule has 0 saturated heterocycles. The Bertz CT molecular complexity index is 261. The van der Waals surface area contributed by atoms with Crippen LogP contribution < -0.4 is 0 Å². The molecule has 0 atom stereocenters. The Morgan fingerprint density at radius 2 is 1.82 bits per heavy atom. The van der Waals surface area contributed by atoms with Crippen molar-refractivity contribution in [2.24, 2.45) is 4.99 Å². The van der Waals surface area contributed by atoms with Crippen molar-refractivity contribution in [3.05, 3.63) is 29.8 Å². The van der Waals surface area contributed by atoms with Crippen LogP contribution in [0.2, 0.25) is 0 Å². The Hall–Kier alpha value is -1.31. The molecule has 2 nitrogen and oxygen atoms in total. The average molecular weight is 149 g/mol. The quantitative estimate of drug-likeness (QED) is 0.607. The number of rotatable bonds is 1. The zero-order valence-electron chi connectivity index (χ0n) is 6.70. The van der Waals surface area contributed by atoms with Crippen molar-refractivity contribution in [1.29, 1.82) is 0 Å². The van der Waals surface area contributed by atoms with Gasteiger partial charge in [-0.25, -0.2) is 0 Å². The molecule has 1 aromatic rings. The van der Waals surface area contributed by atoms with Gasteiger partial charge in [0.1, 0.15) is 5.75 Å². The molecular weight excluding hydrogens is 138 g/mol. The van der Waals surface area contributed by atoms with Gasteiger partial charge < -0.3 is 5.11 Å². The van der Waals surface area contributed by atoms with Crippen molar-refractivity contribution in [3.8, 4) is 5.75 Å². The average Bonchev–Trinajstić information content (AvgIpc) is 2.05. The summed E-state index contributed by atoms with van der Waals surface area (Å²) in [7, 11) is 1.75. The second-order valence-electron chi connectivity index (χ2n) is 2.36. The number of aliphatic imine (C=N–C) groups is 1. The summed E-state index contributed by atoms with van der Waals surface area (Å²) < 4.78 is 0. The topological polar surface area (TPSA) is 32.6 Å². The van der Waals surface area contributed by atoms with E-state index in [0.717, 1.165) is 11.3 Å². The van der Waals surface area contributed by atoms with Crippen molar-refractivity contribution in [3.63, 3.8) is 0 Å². The third-order valence-corrected chi connectivity index (χ3v) is 1.62. The highest BCUT2D eigenvalue weighted by molar-refractivity contribution is 5.98. The lowest BCUT2D eigenvalue weighted by atomic mass is 10.1. The van der Waals surface area contributed by atoms with Crippen molar-refractivity contribution >= 4 is 5.71 Å². The fourth-order valence-corrected chi connectivity index (χ4v) is 0.832. The fourth-order valence-electron chi connectivity index (χ4n) is 0.832. The van der Waals surface area contributed by atoms with E-state index in [-0.39, 0.29) is 5.75 Å². The van der Waals surface area contributed by atoms with Crippen LogP contribution in [0.3, 0.4) is 0 Å². The normalized spacial score (nSPS) is 11.6. The smallest absolute Gasteiger partial charge is 0.115 e. The van der Waals surface area contributed by atoms with Crippen LogP contribution in [0, 0.1) is 0 Å². The largest absolute Gasteiger partial charge is 0.508 e. The van der Waals surface area contributed by atoms with Gasteiger partial charge in [-0.3, -0.25) is 4.99 Å². The fraction of sp³-hybridized carbons (Fsp3) is 0.222. The van der Waals surface area contributed by atoms with Gasteiger partial charge in [0.15, 0.2) is 0 Å². The molecule has 0 aliphatic rings. The summed E-state index contributed by atoms with van der Waals surface area (Å²) in [6.07, 6.45) is 0. The van der Waals surface area contributed by atoms with Crippen molar-refractivity contribution in [1.82, 2.24) is 0 Å². The van der Waals surface area contributed by atoms with Crippen LogP contribution in [0.25, 0.3) is 0 Å². The molecule has 0 aromatic heterocycles. The summed E-state index contributed by atoms with van der Waals surface area (Å²) in [6, 6.07) is 7.00. The number of phenols is 1. The molecule has 0 radical (unpaired) electrons. The van der Waals surface area contributed by atoms with E-state index in [2.05, 4.69) is 4.99 Å². The first-order valence-corrected chi connectivity index (χ1v) is 3.47. The van der Waals surface area contributed by atoms with Gasteiger partial charge in [-0.1, -0.05) is 0 Å². The van der Waals surface area contributed by atoms with Crippen LogP contribution in [-0.2, 0) is 0 Å². The van der Waals surface area contributed by atoms with Crippen LogP contribution >= 0.6 is 0 Å². The lowest BCUT2D eigenvalue weighted by Crippen LogP contribution is -1.92. The van der Waals surface area contributed by atoms with Gasteiger partial charge in [0.2, 0.25) is 0 Å². The van der Waals surface area contributed by atoms with E-state index in [4.69, 9.17) is 5.11 Å². The molecule has 0 unspecified atom stereocenters. The molecule has 0 saturated carbocycles. The number of hydrogen-bond donors (Lipinski definition) is 1. The highest BCUT2D eigenvalue weighted by atomic mass is 16.3. The maximum Gasteiger partial charge on any atom is 0.115 e. The van der Waals surface area contributed by atoms with Crippen LogP contribution in [-0.4, -0.2) is 17.9 Å². The van der Waals surface area contributed by atoms with Crippen LogP contribution in [0.1, 0.15) is 12.5 Å². The molecule has 0 spiro atoms. The second-order valence-corrected chi connectivity index (χ2v) is 2.36. The van der Waals surface area contributed by atoms with Crippen molar-refractivity contribution in [2.45, 2.75) is 6.92 Å². The predicted octanol–water partition coefficient (Wildman–Crippen LogP) is 1.83. The third kappa shape index (κ3) is 1.80. The minimum Gasteiger partial charge on any atom is -0.508 e. The van der Waals surface area contributed by atoms with E-state index in [9.17, 15) is 0 Å². The lowest BCUT2D eigenvalue weighted by molar-refractivity contribution is 0.475. The highest BCUT2D eigenvalue weighted by Crippen LogP contribution is 2.09. The number of hydrogen-bond acceptors (Lipinski definition) is 2. The molecule has 0 amide bonds. The van der Waals surface area contributed by atoms with Gasteiger partial charge in [-0.05, 0) is 36.8 Å². The van der Waals surface area contributed by atoms with Crippen molar-refractivity contribution < 1.29 is 5.11 Å². The highest BCUT2D eigenvalue weighted by Gasteiger charge is 1.94. The summed E-state index contributed by atoms with van der Waals surface area (Å²) in [5.41, 5.74) is 2.02. The van der Waals surface area contributed by atoms with Gasteiger partial charge >= 0.3 is 0 Å². The molecule has 11 heavy (non-hydrogen) atoms. The van der Waals surface area contributed by atoms with Crippen LogP contribution in [0.15, 0.2) is 29.3 Å². The Kier molecular flexibility index (Phi) is 2.26. The molecule has 1 N–H and O–H groups in total. The molecule has 0 fully saturated rings. The van der Waals surface area contributed by atoms with E-state index in [1.807, 2.05) is 19.1 Å². The molecule has 58 valence electrons. The molecule has 1 aromatic carbocycles. The molecule has 0 heterocycles. The maximum atomic E-state index is 8.97. The van der Waals surface area contributed by atoms with Crippen LogP contribution in [0.4, 0.5) is 0 Å². The number of benzene rings is 1. The first kappa shape index (κ1) is 7.79. The van der Waals surface area contributed by atoms with E-state index in [1.165, 1.54) is 0 Å². The minimum atomic E-state index is 0.289. The molecule has 1 rings (SSSR count). The maximum absolute atomic E-state index is 8.97. The Balaban J connectivity index is 2.99. The van der Waals surface area contributed by atoms with E-state index >= 15 is 0 Å². The first-order chi connectivity index (χ1) is 5.24. The first-order valence-electron chi connectivity index (χ1n) is 3.47. The molecule has 0 bridgehead atoms. The second kappa shape index (κ2) is 3.19. The van der Waals surface area contributed by atoms with E-state index in [1.54, 1.807) is 19.2 Å². The summed E-state index contributed by atoms with van der Waals surface area (Å²) in [5, 5.41) is 8.97. The number of nitrogens with zero attached hydrogens (tertiary/aromatic N) is 1. The van der Waals surface area contributed by atoms with E-state index in [0.29, 0.717) is 0 Å². The number of aromatic hydroxyl groups is 1. The molecular formula is C9H11NO. The lowest BCUT2D eigenvalue weighted by Gasteiger charge is -1.98. The van der Waals surface area contributed by atoms with Gasteiger partial charge in [0, 0.05) is 12.8 Å². The SMILES string of the molecule is CN=C(C)c1ccc(O)cc1. The zero-order chi connectivity index (χ0) is 8.27. The summed E-state index contributed by atoms with van der Waals surface area (Å²) in [4.78, 5) is 4.02. The molecule has 2 heteroatoms. The Labute approximate surface area is 66.2 Å². The summed E-state index contributed by atoms with van der Waals surface area (Å²) in [5.74, 6) is 0.289. The van der Waals surface area contributed by atoms with Gasteiger partial charge in [-0.2, -0.15) is 0 Å². The standard InChI is InChI=1S/C9H11NO/c1-7(10-2)8-3-5-9(11)6-4-8/h3-6,11H,1-2H3. The monoisotopic (exact) mass is 149 g/mol. The van der Waals surface area contributed by atoms with E-state index < -0.39 is 0 Å². The minimum absolute atomic E-state index is 0.289.